The fourth-order valence-corrected chi connectivity index (χ4v) is 4.83. The van der Waals surface area contributed by atoms with Gasteiger partial charge in [-0.1, -0.05) is 26.0 Å². The zero-order valence-corrected chi connectivity index (χ0v) is 18.8. The molecule has 2 atom stereocenters. The number of carboxylic acids is 1. The summed E-state index contributed by atoms with van der Waals surface area (Å²) in [5.41, 5.74) is -0.477. The number of fused-ring (bicyclic) bond motifs is 1. The van der Waals surface area contributed by atoms with E-state index in [9.17, 15) is 32.3 Å². The highest BCUT2D eigenvalue weighted by Crippen LogP contribution is 2.46. The predicted molar refractivity (Wildman–Crippen MR) is 113 cm³/mol. The number of aliphatic carboxylic acids is 1. The van der Waals surface area contributed by atoms with Gasteiger partial charge in [0.1, 0.15) is 5.82 Å². The quantitative estimate of drug-likeness (QED) is 0.618. The van der Waals surface area contributed by atoms with Crippen LogP contribution in [0.3, 0.4) is 0 Å². The summed E-state index contributed by atoms with van der Waals surface area (Å²) in [6.07, 6.45) is -4.18. The molecule has 2 N–H and O–H groups in total. The first-order chi connectivity index (χ1) is 15.9. The van der Waals surface area contributed by atoms with Crippen LogP contribution in [0, 0.1) is 17.2 Å². The molecule has 2 aromatic rings. The minimum Gasteiger partial charge on any atom is -0.481 e. The lowest BCUT2D eigenvalue weighted by Gasteiger charge is -2.50. The predicted octanol–water partition coefficient (Wildman–Crippen LogP) is 3.06. The molecule has 34 heavy (non-hydrogen) atoms. The molecule has 0 bridgehead atoms. The summed E-state index contributed by atoms with van der Waals surface area (Å²) in [5, 5.41) is 16.2. The van der Waals surface area contributed by atoms with E-state index in [0.29, 0.717) is 17.7 Å². The Labute approximate surface area is 193 Å². The zero-order valence-electron chi connectivity index (χ0n) is 18.8. The van der Waals surface area contributed by atoms with Crippen molar-refractivity contribution in [1.82, 2.24) is 20.0 Å². The maximum absolute atomic E-state index is 13.6. The van der Waals surface area contributed by atoms with E-state index in [4.69, 9.17) is 0 Å². The molecule has 184 valence electrons. The average Bonchev–Trinajstić information content (AvgIpc) is 3.12. The number of carbonyl (C=O) groups is 2. The Morgan fingerprint density at radius 2 is 1.91 bits per heavy atom. The van der Waals surface area contributed by atoms with Crippen molar-refractivity contribution >= 4 is 11.9 Å². The van der Waals surface area contributed by atoms with Crippen LogP contribution in [0.25, 0.3) is 0 Å². The molecule has 0 saturated heterocycles. The van der Waals surface area contributed by atoms with Gasteiger partial charge in [0.05, 0.1) is 31.2 Å². The Kier molecular flexibility index (Phi) is 6.17. The second-order valence-electron chi connectivity index (χ2n) is 9.50. The Morgan fingerprint density at radius 3 is 2.50 bits per heavy atom. The van der Waals surface area contributed by atoms with Gasteiger partial charge in [-0.15, -0.1) is 0 Å². The second-order valence-corrected chi connectivity index (χ2v) is 9.50. The first kappa shape index (κ1) is 24.2. The Bertz CT molecular complexity index is 1090. The molecule has 0 spiro atoms. The van der Waals surface area contributed by atoms with Crippen LogP contribution in [-0.4, -0.2) is 50.8 Å². The van der Waals surface area contributed by atoms with E-state index in [1.54, 1.807) is 0 Å². The third-order valence-corrected chi connectivity index (χ3v) is 7.07. The largest absolute Gasteiger partial charge is 0.481 e. The number of hydrogen-bond acceptors (Lipinski definition) is 4. The van der Waals surface area contributed by atoms with Crippen molar-refractivity contribution in [3.8, 4) is 0 Å². The molecule has 2 unspecified atom stereocenters. The minimum atomic E-state index is -4.62. The zero-order chi connectivity index (χ0) is 24.8. The van der Waals surface area contributed by atoms with E-state index >= 15 is 0 Å². The Balaban J connectivity index is 1.48. The molecule has 4 rings (SSSR count). The third kappa shape index (κ3) is 4.53. The van der Waals surface area contributed by atoms with Gasteiger partial charge in [-0.05, 0) is 36.0 Å². The fourth-order valence-electron chi connectivity index (χ4n) is 4.83. The Hall–Kier alpha value is -2.95. The number of rotatable bonds is 6. The Morgan fingerprint density at radius 1 is 1.24 bits per heavy atom. The van der Waals surface area contributed by atoms with Crippen LogP contribution < -0.4 is 5.32 Å². The van der Waals surface area contributed by atoms with Gasteiger partial charge in [-0.25, -0.2) is 4.39 Å². The molecule has 1 aromatic heterocycles. The maximum atomic E-state index is 13.6. The van der Waals surface area contributed by atoms with E-state index in [1.807, 2.05) is 13.8 Å². The van der Waals surface area contributed by atoms with Gasteiger partial charge in [0.15, 0.2) is 5.69 Å². The number of carbonyl (C=O) groups excluding carboxylic acids is 1. The molecule has 1 fully saturated rings. The summed E-state index contributed by atoms with van der Waals surface area (Å²) in [6.45, 7) is 3.75. The summed E-state index contributed by atoms with van der Waals surface area (Å²) in [6, 6.07) is 5.29. The van der Waals surface area contributed by atoms with Crippen molar-refractivity contribution in [2.45, 2.75) is 52.0 Å². The van der Waals surface area contributed by atoms with Crippen LogP contribution in [0.5, 0.6) is 0 Å². The maximum Gasteiger partial charge on any atom is 0.435 e. The van der Waals surface area contributed by atoms with Crippen molar-refractivity contribution in [3.05, 3.63) is 52.6 Å². The van der Waals surface area contributed by atoms with E-state index in [2.05, 4.69) is 10.4 Å². The number of alkyl halides is 3. The molecule has 1 aliphatic heterocycles. The number of amides is 1. The van der Waals surface area contributed by atoms with Gasteiger partial charge >= 0.3 is 12.1 Å². The summed E-state index contributed by atoms with van der Waals surface area (Å²) in [7, 11) is 0. The lowest BCUT2D eigenvalue weighted by molar-refractivity contribution is -0.155. The number of benzene rings is 1. The number of carboxylic acid groups (broad SMARTS) is 1. The van der Waals surface area contributed by atoms with E-state index in [0.717, 1.165) is 0 Å². The highest BCUT2D eigenvalue weighted by molar-refractivity contribution is 5.79. The topological polar surface area (TPSA) is 87.5 Å². The van der Waals surface area contributed by atoms with E-state index in [1.165, 1.54) is 33.8 Å². The lowest BCUT2D eigenvalue weighted by atomic mass is 9.58. The summed E-state index contributed by atoms with van der Waals surface area (Å²) >= 11 is 0. The van der Waals surface area contributed by atoms with E-state index in [-0.39, 0.29) is 50.1 Å². The third-order valence-electron chi connectivity index (χ3n) is 7.07. The van der Waals surface area contributed by atoms with Crippen LogP contribution in [0.15, 0.2) is 24.3 Å². The van der Waals surface area contributed by atoms with Gasteiger partial charge in [0, 0.05) is 18.2 Å². The smallest absolute Gasteiger partial charge is 0.435 e. The van der Waals surface area contributed by atoms with Gasteiger partial charge in [0.25, 0.3) is 0 Å². The standard InChI is InChI=1S/C23H26F4N4O3/c1-22(2)16(21(33)34)9-18(22)28-10-19(32)30-8-7-15-17(12-30)31(29-20(15)23(25,26)27)11-13-3-5-14(24)6-4-13/h3-6,16,18,28H,7-12H2,1-2H3,(H,33,34). The second kappa shape index (κ2) is 8.68. The van der Waals surface area contributed by atoms with Gasteiger partial charge in [0.2, 0.25) is 5.91 Å². The average molecular weight is 482 g/mol. The summed E-state index contributed by atoms with van der Waals surface area (Å²) < 4.78 is 55.2. The first-order valence-corrected chi connectivity index (χ1v) is 11.0. The molecule has 11 heteroatoms. The number of nitrogens with one attached hydrogen (secondary N) is 1. The molecule has 2 heterocycles. The molecular formula is C23H26F4N4O3. The molecule has 2 aliphatic rings. The van der Waals surface area contributed by atoms with Crippen molar-refractivity contribution < 1.29 is 32.3 Å². The van der Waals surface area contributed by atoms with Crippen molar-refractivity contribution in [1.29, 1.82) is 0 Å². The van der Waals surface area contributed by atoms with Crippen molar-refractivity contribution in [3.63, 3.8) is 0 Å². The van der Waals surface area contributed by atoms with Crippen LogP contribution >= 0.6 is 0 Å². The highest BCUT2D eigenvalue weighted by atomic mass is 19.4. The van der Waals surface area contributed by atoms with Crippen molar-refractivity contribution in [2.24, 2.45) is 11.3 Å². The van der Waals surface area contributed by atoms with Gasteiger partial charge < -0.3 is 15.3 Å². The minimum absolute atomic E-state index is 0.0197. The number of aromatic nitrogens is 2. The van der Waals surface area contributed by atoms with Gasteiger partial charge in [-0.3, -0.25) is 14.3 Å². The highest BCUT2D eigenvalue weighted by Gasteiger charge is 2.52. The molecule has 1 amide bonds. The molecule has 0 radical (unpaired) electrons. The molecule has 1 aliphatic carbocycles. The van der Waals surface area contributed by atoms with Crippen LogP contribution in [0.2, 0.25) is 0 Å². The normalized spacial score (nSPS) is 21.6. The SMILES string of the molecule is CC1(C)C(NCC(=O)N2CCc3c(C(F)(F)F)nn(Cc4ccc(F)cc4)c3C2)CC1C(=O)O. The number of halogens is 4. The monoisotopic (exact) mass is 482 g/mol. The number of nitrogens with zero attached hydrogens (tertiary/aromatic N) is 3. The molecule has 7 nitrogen and oxygen atoms in total. The summed E-state index contributed by atoms with van der Waals surface area (Å²) in [5.74, 6) is -2.08. The van der Waals surface area contributed by atoms with Crippen LogP contribution in [0.4, 0.5) is 17.6 Å². The molecule has 1 aromatic carbocycles. The lowest BCUT2D eigenvalue weighted by Crippen LogP contribution is -2.60. The number of hydrogen-bond donors (Lipinski definition) is 2. The fraction of sp³-hybridized carbons (Fsp3) is 0.522. The van der Waals surface area contributed by atoms with Crippen LogP contribution in [-0.2, 0) is 35.3 Å². The first-order valence-electron chi connectivity index (χ1n) is 11.0. The summed E-state index contributed by atoms with van der Waals surface area (Å²) in [4.78, 5) is 25.6. The van der Waals surface area contributed by atoms with Crippen LogP contribution in [0.1, 0.15) is 42.8 Å². The van der Waals surface area contributed by atoms with Gasteiger partial charge in [-0.2, -0.15) is 18.3 Å². The molecule has 1 saturated carbocycles. The van der Waals surface area contributed by atoms with Crippen molar-refractivity contribution in [2.75, 3.05) is 13.1 Å². The molecular weight excluding hydrogens is 456 g/mol. The van der Waals surface area contributed by atoms with E-state index < -0.39 is 35.0 Å².